The van der Waals surface area contributed by atoms with E-state index in [4.69, 9.17) is 0 Å². The van der Waals surface area contributed by atoms with Crippen LogP contribution in [-0.4, -0.2) is 60.4 Å². The van der Waals surface area contributed by atoms with Crippen molar-refractivity contribution in [2.45, 2.75) is 31.5 Å². The Balaban J connectivity index is 1.59. The van der Waals surface area contributed by atoms with Gasteiger partial charge in [0.05, 0.1) is 18.5 Å². The number of rotatable bonds is 3. The van der Waals surface area contributed by atoms with Gasteiger partial charge in [0.15, 0.2) is 0 Å². The first-order valence-corrected chi connectivity index (χ1v) is 8.78. The number of hydrogen-bond acceptors (Lipinski definition) is 3. The Morgan fingerprint density at radius 3 is 2.58 bits per heavy atom. The lowest BCUT2D eigenvalue weighted by Gasteiger charge is -2.41. The third kappa shape index (κ3) is 4.35. The molecule has 1 unspecified atom stereocenters. The minimum Gasteiger partial charge on any atom is -0.340 e. The van der Waals surface area contributed by atoms with Crippen molar-refractivity contribution in [3.63, 3.8) is 0 Å². The van der Waals surface area contributed by atoms with Gasteiger partial charge in [0.25, 0.3) is 0 Å². The first-order chi connectivity index (χ1) is 12.3. The minimum atomic E-state index is -4.38. The molecular weight excluding hydrogens is 347 g/mol. The molecule has 0 aliphatic carbocycles. The van der Waals surface area contributed by atoms with Crippen LogP contribution in [0.5, 0.6) is 0 Å². The zero-order valence-corrected chi connectivity index (χ0v) is 14.4. The van der Waals surface area contributed by atoms with Crippen molar-refractivity contribution in [1.82, 2.24) is 15.1 Å². The second-order valence-electron chi connectivity index (χ2n) is 6.77. The lowest BCUT2D eigenvalue weighted by Crippen LogP contribution is -2.57. The molecule has 26 heavy (non-hydrogen) atoms. The fraction of sp³-hybridized carbons (Fsp3) is 0.556. The predicted octanol–water partition coefficient (Wildman–Crippen LogP) is 1.67. The normalized spacial score (nSPS) is 21.8. The van der Waals surface area contributed by atoms with E-state index in [2.05, 4.69) is 5.32 Å². The van der Waals surface area contributed by atoms with Gasteiger partial charge in [-0.15, -0.1) is 0 Å². The molecular formula is C18H22F3N3O2. The summed E-state index contributed by atoms with van der Waals surface area (Å²) in [6.07, 6.45) is -2.62. The molecule has 0 saturated carbocycles. The van der Waals surface area contributed by atoms with E-state index in [0.29, 0.717) is 31.7 Å². The number of hydrogen-bond donors (Lipinski definition) is 1. The summed E-state index contributed by atoms with van der Waals surface area (Å²) in [4.78, 5) is 28.2. The highest BCUT2D eigenvalue weighted by molar-refractivity contribution is 5.80. The molecule has 1 aromatic rings. The number of piperazine rings is 1. The summed E-state index contributed by atoms with van der Waals surface area (Å²) >= 11 is 0. The lowest BCUT2D eigenvalue weighted by atomic mass is 10.0. The molecule has 5 nitrogen and oxygen atoms in total. The molecule has 1 aromatic carbocycles. The smallest absolute Gasteiger partial charge is 0.340 e. The molecule has 2 fully saturated rings. The van der Waals surface area contributed by atoms with E-state index in [1.807, 2.05) is 4.90 Å². The van der Waals surface area contributed by atoms with Crippen LogP contribution in [0.25, 0.3) is 0 Å². The fourth-order valence-corrected chi connectivity index (χ4v) is 3.54. The molecule has 0 spiro atoms. The minimum absolute atomic E-state index is 0.0231. The molecule has 2 saturated heterocycles. The highest BCUT2D eigenvalue weighted by Gasteiger charge is 2.32. The van der Waals surface area contributed by atoms with Crippen LogP contribution in [0.3, 0.4) is 0 Å². The molecule has 142 valence electrons. The zero-order valence-electron chi connectivity index (χ0n) is 14.4. The van der Waals surface area contributed by atoms with E-state index in [1.54, 1.807) is 4.90 Å². The Morgan fingerprint density at radius 1 is 1.19 bits per heavy atom. The van der Waals surface area contributed by atoms with Crippen molar-refractivity contribution < 1.29 is 22.8 Å². The molecule has 0 aromatic heterocycles. The maximum absolute atomic E-state index is 12.6. The molecule has 1 atom stereocenters. The summed E-state index contributed by atoms with van der Waals surface area (Å²) in [5.74, 6) is -0.0599. The monoisotopic (exact) mass is 369 g/mol. The van der Waals surface area contributed by atoms with Gasteiger partial charge in [-0.2, -0.15) is 13.2 Å². The van der Waals surface area contributed by atoms with Crippen LogP contribution in [0.4, 0.5) is 13.2 Å². The fourth-order valence-electron chi connectivity index (χ4n) is 3.54. The summed E-state index contributed by atoms with van der Waals surface area (Å²) < 4.78 is 37.8. The van der Waals surface area contributed by atoms with Crippen LogP contribution in [0.15, 0.2) is 24.3 Å². The van der Waals surface area contributed by atoms with Crippen LogP contribution in [0.2, 0.25) is 0 Å². The summed E-state index contributed by atoms with van der Waals surface area (Å²) in [5.41, 5.74) is -0.160. The maximum Gasteiger partial charge on any atom is 0.416 e. The number of benzene rings is 1. The van der Waals surface area contributed by atoms with Gasteiger partial charge in [-0.1, -0.05) is 12.1 Å². The molecule has 1 N–H and O–H groups in total. The van der Waals surface area contributed by atoms with Crippen molar-refractivity contribution >= 4 is 11.8 Å². The molecule has 2 heterocycles. The Bertz CT molecular complexity index is 661. The molecule has 3 rings (SSSR count). The van der Waals surface area contributed by atoms with E-state index >= 15 is 0 Å². The topological polar surface area (TPSA) is 52.7 Å². The van der Waals surface area contributed by atoms with Crippen LogP contribution >= 0.6 is 0 Å². The number of amides is 2. The number of halogens is 3. The number of alkyl halides is 3. The summed E-state index contributed by atoms with van der Waals surface area (Å²) in [6, 6.07) is 4.72. The standard InChI is InChI=1S/C18H22F3N3O2/c19-18(20,21)14-5-3-13(4-6-14)10-16(25)23-8-1-2-15(12-23)24-9-7-22-11-17(24)26/h3-6,15,22H,1-2,7-12H2. The predicted molar refractivity (Wildman–Crippen MR) is 89.3 cm³/mol. The first-order valence-electron chi connectivity index (χ1n) is 8.78. The van der Waals surface area contributed by atoms with Gasteiger partial charge in [0.2, 0.25) is 11.8 Å². The maximum atomic E-state index is 12.6. The quantitative estimate of drug-likeness (QED) is 0.882. The molecule has 0 bridgehead atoms. The van der Waals surface area contributed by atoms with Crippen LogP contribution in [0, 0.1) is 0 Å². The van der Waals surface area contributed by atoms with Crippen molar-refractivity contribution in [1.29, 1.82) is 0 Å². The van der Waals surface area contributed by atoms with E-state index in [1.165, 1.54) is 12.1 Å². The second kappa shape index (κ2) is 7.65. The summed E-state index contributed by atoms with van der Waals surface area (Å²) in [5, 5.41) is 3.03. The van der Waals surface area contributed by atoms with Gasteiger partial charge in [0, 0.05) is 32.2 Å². The Morgan fingerprint density at radius 2 is 1.92 bits per heavy atom. The van der Waals surface area contributed by atoms with E-state index < -0.39 is 11.7 Å². The molecule has 0 radical (unpaired) electrons. The number of nitrogens with one attached hydrogen (secondary N) is 1. The third-order valence-corrected chi connectivity index (χ3v) is 4.95. The Kier molecular flexibility index (Phi) is 5.50. The molecule has 2 amide bonds. The average Bonchev–Trinajstić information content (AvgIpc) is 2.62. The zero-order chi connectivity index (χ0) is 18.7. The van der Waals surface area contributed by atoms with Gasteiger partial charge in [-0.05, 0) is 30.5 Å². The molecule has 2 aliphatic heterocycles. The number of piperidine rings is 1. The lowest BCUT2D eigenvalue weighted by molar-refractivity contribution is -0.140. The average molecular weight is 369 g/mol. The third-order valence-electron chi connectivity index (χ3n) is 4.95. The van der Waals surface area contributed by atoms with Gasteiger partial charge in [-0.3, -0.25) is 9.59 Å². The first kappa shape index (κ1) is 18.7. The van der Waals surface area contributed by atoms with E-state index in [-0.39, 0.29) is 24.3 Å². The van der Waals surface area contributed by atoms with Crippen molar-refractivity contribution in [2.24, 2.45) is 0 Å². The second-order valence-corrected chi connectivity index (χ2v) is 6.77. The largest absolute Gasteiger partial charge is 0.416 e. The van der Waals surface area contributed by atoms with E-state index in [9.17, 15) is 22.8 Å². The number of likely N-dealkylation sites (tertiary alicyclic amines) is 1. The van der Waals surface area contributed by atoms with Crippen LogP contribution < -0.4 is 5.32 Å². The highest BCUT2D eigenvalue weighted by atomic mass is 19.4. The molecule has 8 heteroatoms. The van der Waals surface area contributed by atoms with Crippen LogP contribution in [0.1, 0.15) is 24.0 Å². The summed E-state index contributed by atoms with van der Waals surface area (Å²) in [7, 11) is 0. The van der Waals surface area contributed by atoms with Gasteiger partial charge in [0.1, 0.15) is 0 Å². The van der Waals surface area contributed by atoms with Crippen LogP contribution in [-0.2, 0) is 22.2 Å². The summed E-state index contributed by atoms with van der Waals surface area (Å²) in [6.45, 7) is 2.84. The van der Waals surface area contributed by atoms with Crippen molar-refractivity contribution in [2.75, 3.05) is 32.7 Å². The van der Waals surface area contributed by atoms with Crippen molar-refractivity contribution in [3.05, 3.63) is 35.4 Å². The SMILES string of the molecule is O=C(Cc1ccc(C(F)(F)F)cc1)N1CCCC(N2CCNCC2=O)C1. The van der Waals surface area contributed by atoms with Gasteiger partial charge in [-0.25, -0.2) is 0 Å². The number of carbonyl (C=O) groups excluding carboxylic acids is 2. The highest BCUT2D eigenvalue weighted by Crippen LogP contribution is 2.29. The van der Waals surface area contributed by atoms with E-state index in [0.717, 1.165) is 31.5 Å². The Labute approximate surface area is 150 Å². The molecule has 2 aliphatic rings. The Hall–Kier alpha value is -2.09. The van der Waals surface area contributed by atoms with Crippen molar-refractivity contribution in [3.8, 4) is 0 Å². The van der Waals surface area contributed by atoms with Gasteiger partial charge >= 0.3 is 6.18 Å². The number of nitrogens with zero attached hydrogens (tertiary/aromatic N) is 2. The number of carbonyl (C=O) groups is 2. The van der Waals surface area contributed by atoms with Gasteiger partial charge < -0.3 is 15.1 Å².